The van der Waals surface area contributed by atoms with Crippen LogP contribution in [0.4, 0.5) is 0 Å². The summed E-state index contributed by atoms with van der Waals surface area (Å²) in [5.74, 6) is 0.818. The van der Waals surface area contributed by atoms with Crippen molar-refractivity contribution in [3.63, 3.8) is 0 Å². The number of nitrogens with zero attached hydrogens (tertiary/aromatic N) is 6. The number of piperidine rings is 2. The van der Waals surface area contributed by atoms with Crippen LogP contribution in [0.2, 0.25) is 0 Å². The van der Waals surface area contributed by atoms with Crippen molar-refractivity contribution in [3.8, 4) is 10.6 Å². The van der Waals surface area contributed by atoms with Gasteiger partial charge in [-0.3, -0.25) is 9.59 Å². The van der Waals surface area contributed by atoms with E-state index < -0.39 is 0 Å². The quantitative estimate of drug-likeness (QED) is 0.556. The van der Waals surface area contributed by atoms with Gasteiger partial charge in [0.2, 0.25) is 16.8 Å². The van der Waals surface area contributed by atoms with Gasteiger partial charge < -0.3 is 9.80 Å². The Bertz CT molecular complexity index is 1190. The maximum Gasteiger partial charge on any atom is 0.234 e. The first kappa shape index (κ1) is 23.0. The van der Waals surface area contributed by atoms with Gasteiger partial charge in [-0.1, -0.05) is 35.6 Å². The summed E-state index contributed by atoms with van der Waals surface area (Å²) < 4.78 is 1.69. The summed E-state index contributed by atoms with van der Waals surface area (Å²) >= 11 is 1.44. The third kappa shape index (κ3) is 4.58. The third-order valence-corrected chi connectivity index (χ3v) is 8.13. The molecule has 0 saturated carbocycles. The van der Waals surface area contributed by atoms with Gasteiger partial charge >= 0.3 is 0 Å². The van der Waals surface area contributed by atoms with Crippen LogP contribution in [0.3, 0.4) is 0 Å². The molecule has 0 bridgehead atoms. The van der Waals surface area contributed by atoms with Gasteiger partial charge in [0.15, 0.2) is 5.82 Å². The second-order valence-electron chi connectivity index (χ2n) is 9.59. The Morgan fingerprint density at radius 1 is 0.912 bits per heavy atom. The highest BCUT2D eigenvalue weighted by Gasteiger charge is 2.27. The SMILES string of the molecule is CC1CCCCN1C(=O)Cc1ccccc1-c1nn2c(CC(=O)N3CCCCC3C)nnc2s1. The van der Waals surface area contributed by atoms with Gasteiger partial charge in [-0.2, -0.15) is 9.61 Å². The van der Waals surface area contributed by atoms with Crippen LogP contribution in [0, 0.1) is 0 Å². The fourth-order valence-corrected chi connectivity index (χ4v) is 6.12. The minimum atomic E-state index is 0.0812. The molecule has 0 N–H and O–H groups in total. The van der Waals surface area contributed by atoms with Crippen molar-refractivity contribution < 1.29 is 9.59 Å². The summed E-state index contributed by atoms with van der Waals surface area (Å²) in [7, 11) is 0. The molecule has 2 fully saturated rings. The summed E-state index contributed by atoms with van der Waals surface area (Å²) in [5.41, 5.74) is 1.91. The molecule has 34 heavy (non-hydrogen) atoms. The number of likely N-dealkylation sites (tertiary alicyclic amines) is 2. The largest absolute Gasteiger partial charge is 0.340 e. The number of carbonyl (C=O) groups excluding carboxylic acids is 2. The summed E-state index contributed by atoms with van der Waals surface area (Å²) in [6, 6.07) is 8.52. The smallest absolute Gasteiger partial charge is 0.234 e. The van der Waals surface area contributed by atoms with E-state index in [1.165, 1.54) is 24.2 Å². The molecule has 2 aliphatic rings. The van der Waals surface area contributed by atoms with Gasteiger partial charge in [0.05, 0.1) is 12.8 Å². The average molecular weight is 481 g/mol. The summed E-state index contributed by atoms with van der Waals surface area (Å²) in [6.07, 6.45) is 7.17. The van der Waals surface area contributed by atoms with E-state index in [0.717, 1.165) is 54.9 Å². The number of hydrogen-bond donors (Lipinski definition) is 0. The maximum atomic E-state index is 13.1. The highest BCUT2D eigenvalue weighted by atomic mass is 32.1. The summed E-state index contributed by atoms with van der Waals surface area (Å²) in [6.45, 7) is 5.90. The standard InChI is InChI=1S/C25H32N6O2S/c1-17-9-5-7-13-29(17)22(32)15-19-11-3-4-12-20(19)24-28-31-21(26-27-25(31)34-24)16-23(33)30-14-8-6-10-18(30)2/h3-4,11-12,17-18H,5-10,13-16H2,1-2H3. The van der Waals surface area contributed by atoms with E-state index in [4.69, 9.17) is 5.10 Å². The van der Waals surface area contributed by atoms with E-state index in [9.17, 15) is 9.59 Å². The second-order valence-corrected chi connectivity index (χ2v) is 10.5. The fraction of sp³-hybridized carbons (Fsp3) is 0.560. The van der Waals surface area contributed by atoms with Crippen molar-refractivity contribution in [2.24, 2.45) is 0 Å². The molecule has 0 radical (unpaired) electrons. The molecule has 8 nitrogen and oxygen atoms in total. The van der Waals surface area contributed by atoms with Crippen molar-refractivity contribution in [2.75, 3.05) is 13.1 Å². The third-order valence-electron chi connectivity index (χ3n) is 7.20. The monoisotopic (exact) mass is 480 g/mol. The van der Waals surface area contributed by atoms with Crippen LogP contribution in [0.15, 0.2) is 24.3 Å². The predicted octanol–water partition coefficient (Wildman–Crippen LogP) is 3.74. The molecule has 3 aromatic rings. The number of amides is 2. The van der Waals surface area contributed by atoms with Gasteiger partial charge in [-0.05, 0) is 57.9 Å². The Hall–Kier alpha value is -2.81. The molecule has 2 atom stereocenters. The lowest BCUT2D eigenvalue weighted by Crippen LogP contribution is -2.43. The van der Waals surface area contributed by atoms with Gasteiger partial charge in [0.1, 0.15) is 5.01 Å². The van der Waals surface area contributed by atoms with Crippen LogP contribution in [0.1, 0.15) is 63.8 Å². The van der Waals surface area contributed by atoms with Crippen LogP contribution in [0.5, 0.6) is 0 Å². The summed E-state index contributed by atoms with van der Waals surface area (Å²) in [4.78, 5) is 30.6. The van der Waals surface area contributed by atoms with Crippen LogP contribution in [0.25, 0.3) is 15.5 Å². The van der Waals surface area contributed by atoms with Crippen molar-refractivity contribution in [2.45, 2.75) is 77.3 Å². The van der Waals surface area contributed by atoms with Gasteiger partial charge in [-0.15, -0.1) is 10.2 Å². The predicted molar refractivity (Wildman–Crippen MR) is 132 cm³/mol. The lowest BCUT2D eigenvalue weighted by molar-refractivity contribution is -0.134. The molecule has 2 aliphatic heterocycles. The summed E-state index contributed by atoms with van der Waals surface area (Å²) in [5, 5.41) is 14.1. The molecule has 9 heteroatoms. The zero-order chi connectivity index (χ0) is 23.7. The molecule has 2 aromatic heterocycles. The molecule has 2 saturated heterocycles. The molecule has 2 amide bonds. The fourth-order valence-electron chi connectivity index (χ4n) is 5.20. The second kappa shape index (κ2) is 9.82. The minimum absolute atomic E-state index is 0.0812. The molecule has 0 aliphatic carbocycles. The van der Waals surface area contributed by atoms with Crippen LogP contribution in [-0.4, -0.2) is 66.6 Å². The Morgan fingerprint density at radius 3 is 2.24 bits per heavy atom. The van der Waals surface area contributed by atoms with Crippen molar-refractivity contribution in [3.05, 3.63) is 35.7 Å². The van der Waals surface area contributed by atoms with Crippen molar-refractivity contribution in [1.82, 2.24) is 29.6 Å². The number of hydrogen-bond acceptors (Lipinski definition) is 6. The Labute approximate surface area is 204 Å². The zero-order valence-corrected chi connectivity index (χ0v) is 20.8. The zero-order valence-electron chi connectivity index (χ0n) is 19.9. The Balaban J connectivity index is 1.37. The van der Waals surface area contributed by atoms with E-state index >= 15 is 0 Å². The molecular formula is C25H32N6O2S. The van der Waals surface area contributed by atoms with E-state index in [0.29, 0.717) is 23.2 Å². The molecule has 2 unspecified atom stereocenters. The van der Waals surface area contributed by atoms with Crippen molar-refractivity contribution >= 4 is 28.1 Å². The first-order chi connectivity index (χ1) is 16.5. The lowest BCUT2D eigenvalue weighted by atomic mass is 10.0. The number of rotatable bonds is 5. The van der Waals surface area contributed by atoms with E-state index in [1.54, 1.807) is 4.52 Å². The first-order valence-electron chi connectivity index (χ1n) is 12.4. The molecule has 1 aromatic carbocycles. The van der Waals surface area contributed by atoms with Gasteiger partial charge in [0.25, 0.3) is 0 Å². The highest BCUT2D eigenvalue weighted by molar-refractivity contribution is 7.19. The van der Waals surface area contributed by atoms with E-state index in [-0.39, 0.29) is 24.3 Å². The Morgan fingerprint density at radius 2 is 1.56 bits per heavy atom. The van der Waals surface area contributed by atoms with E-state index in [2.05, 4.69) is 24.0 Å². The van der Waals surface area contributed by atoms with Crippen LogP contribution >= 0.6 is 11.3 Å². The lowest BCUT2D eigenvalue weighted by Gasteiger charge is -2.33. The van der Waals surface area contributed by atoms with Crippen LogP contribution in [-0.2, 0) is 22.4 Å². The first-order valence-corrected chi connectivity index (χ1v) is 13.2. The van der Waals surface area contributed by atoms with Gasteiger partial charge in [0, 0.05) is 30.7 Å². The molecule has 5 rings (SSSR count). The van der Waals surface area contributed by atoms with Crippen molar-refractivity contribution in [1.29, 1.82) is 0 Å². The maximum absolute atomic E-state index is 13.1. The average Bonchev–Trinajstić information content (AvgIpc) is 3.42. The van der Waals surface area contributed by atoms with Gasteiger partial charge in [-0.25, -0.2) is 0 Å². The molecule has 4 heterocycles. The number of carbonyl (C=O) groups is 2. The van der Waals surface area contributed by atoms with Crippen LogP contribution < -0.4 is 0 Å². The highest BCUT2D eigenvalue weighted by Crippen LogP contribution is 2.30. The van der Waals surface area contributed by atoms with E-state index in [1.807, 2.05) is 34.1 Å². The topological polar surface area (TPSA) is 83.7 Å². The Kier molecular flexibility index (Phi) is 6.63. The molecule has 0 spiro atoms. The molecule has 180 valence electrons. The molecular weight excluding hydrogens is 448 g/mol. The minimum Gasteiger partial charge on any atom is -0.340 e. The number of aromatic nitrogens is 4. The number of fused-ring (bicyclic) bond motifs is 1. The number of benzene rings is 1. The normalized spacial score (nSPS) is 21.2.